The zero-order chi connectivity index (χ0) is 14.6. The van der Waals surface area contributed by atoms with Gasteiger partial charge in [-0.3, -0.25) is 0 Å². The first-order valence-corrected chi connectivity index (χ1v) is 8.72. The Morgan fingerprint density at radius 2 is 1.90 bits per heavy atom. The lowest BCUT2D eigenvalue weighted by molar-refractivity contribution is -0.0571. The minimum atomic E-state index is -0.346. The number of fused-ring (bicyclic) bond motifs is 1. The minimum absolute atomic E-state index is 0.346. The molecule has 0 saturated carbocycles. The average molecular weight is 295 g/mol. The van der Waals surface area contributed by atoms with Crippen molar-refractivity contribution in [1.29, 1.82) is 0 Å². The van der Waals surface area contributed by atoms with Crippen LogP contribution in [-0.2, 0) is 21.8 Å². The monoisotopic (exact) mass is 295 g/mol. The Labute approximate surface area is 126 Å². The summed E-state index contributed by atoms with van der Waals surface area (Å²) in [7, 11) is 0. The van der Waals surface area contributed by atoms with E-state index in [1.165, 1.54) is 11.3 Å². The lowest BCUT2D eigenvalue weighted by atomic mass is 9.95. The highest BCUT2D eigenvalue weighted by molar-refractivity contribution is 7.98. The highest BCUT2D eigenvalue weighted by atomic mass is 32.2. The fourth-order valence-corrected chi connectivity index (χ4v) is 3.72. The summed E-state index contributed by atoms with van der Waals surface area (Å²) in [6, 6.07) is 0. The molecular formula is C15H25N3OS. The molecule has 5 heteroatoms. The number of thioether (sulfide) groups is 1. The van der Waals surface area contributed by atoms with Crippen LogP contribution in [0.3, 0.4) is 0 Å². The van der Waals surface area contributed by atoms with Crippen LogP contribution in [0.5, 0.6) is 0 Å². The number of nitrogens with one attached hydrogen (secondary N) is 1. The quantitative estimate of drug-likeness (QED) is 0.831. The van der Waals surface area contributed by atoms with Crippen LogP contribution in [0.2, 0.25) is 0 Å². The Kier molecular flexibility index (Phi) is 5.27. The topological polar surface area (TPSA) is 47.0 Å². The number of hydrogen-bond acceptors (Lipinski definition) is 5. The van der Waals surface area contributed by atoms with Gasteiger partial charge in [-0.15, -0.1) is 0 Å². The van der Waals surface area contributed by atoms with Crippen molar-refractivity contribution < 1.29 is 4.74 Å². The molecule has 0 fully saturated rings. The van der Waals surface area contributed by atoms with E-state index in [0.29, 0.717) is 6.61 Å². The molecule has 1 aliphatic heterocycles. The normalized spacial score (nSPS) is 14.4. The van der Waals surface area contributed by atoms with Crippen molar-refractivity contribution in [2.45, 2.75) is 57.6 Å². The second kappa shape index (κ2) is 6.76. The van der Waals surface area contributed by atoms with Gasteiger partial charge < -0.3 is 10.1 Å². The first-order valence-electron chi connectivity index (χ1n) is 7.56. The molecule has 20 heavy (non-hydrogen) atoms. The molecule has 0 spiro atoms. The van der Waals surface area contributed by atoms with E-state index in [1.807, 2.05) is 18.7 Å². The maximum Gasteiger partial charge on any atom is 0.162 e. The molecule has 112 valence electrons. The number of hydrogen-bond donors (Lipinski definition) is 1. The molecule has 4 nitrogen and oxygen atoms in total. The first kappa shape index (κ1) is 15.6. The minimum Gasteiger partial charge on any atom is -0.370 e. The van der Waals surface area contributed by atoms with E-state index < -0.39 is 0 Å². The predicted molar refractivity (Wildman–Crippen MR) is 85.1 cm³/mol. The van der Waals surface area contributed by atoms with E-state index >= 15 is 0 Å². The summed E-state index contributed by atoms with van der Waals surface area (Å²) in [4.78, 5) is 9.64. The van der Waals surface area contributed by atoms with Crippen LogP contribution in [0.15, 0.2) is 0 Å². The van der Waals surface area contributed by atoms with Crippen molar-refractivity contribution in [2.75, 3.05) is 18.5 Å². The lowest BCUT2D eigenvalue weighted by Gasteiger charge is -2.30. The standard InChI is InChI=1S/C15H25N3OS/c1-5-15(6-2,19-8-4)14-17-12-10-20-9-11(12)13(18-14)16-7-3/h5-10H2,1-4H3,(H,16,17,18). The van der Waals surface area contributed by atoms with Gasteiger partial charge in [0.2, 0.25) is 0 Å². The summed E-state index contributed by atoms with van der Waals surface area (Å²) in [5.74, 6) is 3.85. The van der Waals surface area contributed by atoms with Crippen LogP contribution in [0.25, 0.3) is 0 Å². The van der Waals surface area contributed by atoms with Gasteiger partial charge in [-0.1, -0.05) is 13.8 Å². The van der Waals surface area contributed by atoms with Gasteiger partial charge in [0.25, 0.3) is 0 Å². The Balaban J connectivity index is 2.47. The number of aromatic nitrogens is 2. The molecule has 0 aliphatic carbocycles. The molecule has 1 aromatic rings. The summed E-state index contributed by atoms with van der Waals surface area (Å²) in [5.41, 5.74) is 2.11. The van der Waals surface area contributed by atoms with Gasteiger partial charge in [0.1, 0.15) is 11.4 Å². The van der Waals surface area contributed by atoms with Crippen molar-refractivity contribution in [1.82, 2.24) is 9.97 Å². The zero-order valence-electron chi connectivity index (χ0n) is 13.0. The van der Waals surface area contributed by atoms with E-state index in [-0.39, 0.29) is 5.60 Å². The molecular weight excluding hydrogens is 270 g/mol. The predicted octanol–water partition coefficient (Wildman–Crippen LogP) is 3.71. The molecule has 0 amide bonds. The van der Waals surface area contributed by atoms with Crippen molar-refractivity contribution in [2.24, 2.45) is 0 Å². The van der Waals surface area contributed by atoms with Crippen molar-refractivity contribution in [3.8, 4) is 0 Å². The molecule has 2 heterocycles. The summed E-state index contributed by atoms with van der Waals surface area (Å²) < 4.78 is 6.05. The van der Waals surface area contributed by atoms with E-state index in [2.05, 4.69) is 26.1 Å². The second-order valence-electron chi connectivity index (χ2n) is 4.98. The average Bonchev–Trinajstić information content (AvgIpc) is 2.94. The smallest absolute Gasteiger partial charge is 0.162 e. The van der Waals surface area contributed by atoms with Crippen LogP contribution in [0.4, 0.5) is 5.82 Å². The number of nitrogens with zero attached hydrogens (tertiary/aromatic N) is 2. The Hall–Kier alpha value is -0.810. The van der Waals surface area contributed by atoms with Gasteiger partial charge in [-0.2, -0.15) is 11.8 Å². The van der Waals surface area contributed by atoms with Crippen LogP contribution in [0.1, 0.15) is 57.6 Å². The lowest BCUT2D eigenvalue weighted by Crippen LogP contribution is -2.31. The van der Waals surface area contributed by atoms with E-state index in [0.717, 1.165) is 42.5 Å². The van der Waals surface area contributed by atoms with Crippen LogP contribution >= 0.6 is 11.8 Å². The largest absolute Gasteiger partial charge is 0.370 e. The molecule has 0 unspecified atom stereocenters. The van der Waals surface area contributed by atoms with Gasteiger partial charge >= 0.3 is 0 Å². The van der Waals surface area contributed by atoms with Gasteiger partial charge in [0.15, 0.2) is 5.82 Å². The Morgan fingerprint density at radius 3 is 2.50 bits per heavy atom. The van der Waals surface area contributed by atoms with Gasteiger partial charge in [0, 0.05) is 30.2 Å². The van der Waals surface area contributed by atoms with Crippen LogP contribution in [-0.4, -0.2) is 23.1 Å². The third-order valence-electron chi connectivity index (χ3n) is 3.89. The fourth-order valence-electron chi connectivity index (χ4n) is 2.68. The first-order chi connectivity index (χ1) is 9.70. The highest BCUT2D eigenvalue weighted by Gasteiger charge is 2.34. The second-order valence-corrected chi connectivity index (χ2v) is 5.96. The maximum atomic E-state index is 6.05. The van der Waals surface area contributed by atoms with E-state index in [1.54, 1.807) is 0 Å². The summed E-state index contributed by atoms with van der Waals surface area (Å²) in [5, 5.41) is 3.39. The van der Waals surface area contributed by atoms with Crippen LogP contribution in [0, 0.1) is 0 Å². The van der Waals surface area contributed by atoms with Gasteiger partial charge in [-0.05, 0) is 26.7 Å². The summed E-state index contributed by atoms with van der Waals surface area (Å²) in [6.07, 6.45) is 1.80. The van der Waals surface area contributed by atoms with E-state index in [4.69, 9.17) is 14.7 Å². The molecule has 0 saturated heterocycles. The number of ether oxygens (including phenoxy) is 1. The third-order valence-corrected chi connectivity index (χ3v) is 4.86. The molecule has 0 atom stereocenters. The summed E-state index contributed by atoms with van der Waals surface area (Å²) in [6.45, 7) is 10.0. The molecule has 1 aliphatic rings. The van der Waals surface area contributed by atoms with Crippen molar-refractivity contribution in [3.63, 3.8) is 0 Å². The van der Waals surface area contributed by atoms with E-state index in [9.17, 15) is 0 Å². The molecule has 2 rings (SSSR count). The molecule has 1 aromatic heterocycles. The molecule has 0 aromatic carbocycles. The van der Waals surface area contributed by atoms with Gasteiger partial charge in [0.05, 0.1) is 5.69 Å². The van der Waals surface area contributed by atoms with Crippen LogP contribution < -0.4 is 5.32 Å². The van der Waals surface area contributed by atoms with Crippen molar-refractivity contribution >= 4 is 17.6 Å². The summed E-state index contributed by atoms with van der Waals surface area (Å²) >= 11 is 1.91. The number of anilines is 1. The fraction of sp³-hybridized carbons (Fsp3) is 0.733. The molecule has 0 bridgehead atoms. The maximum absolute atomic E-state index is 6.05. The Bertz CT molecular complexity index is 461. The highest BCUT2D eigenvalue weighted by Crippen LogP contribution is 2.37. The van der Waals surface area contributed by atoms with Crippen molar-refractivity contribution in [3.05, 3.63) is 17.1 Å². The number of rotatable bonds is 7. The third kappa shape index (κ3) is 2.79. The zero-order valence-corrected chi connectivity index (χ0v) is 13.8. The van der Waals surface area contributed by atoms with Gasteiger partial charge in [-0.25, -0.2) is 9.97 Å². The SMILES string of the molecule is CCNc1nc(C(CC)(CC)OCC)nc2c1CSC2. The molecule has 1 N–H and O–H groups in total. The Morgan fingerprint density at radius 1 is 1.15 bits per heavy atom. The molecule has 0 radical (unpaired) electrons.